The highest BCUT2D eigenvalue weighted by Crippen LogP contribution is 2.44. The van der Waals surface area contributed by atoms with Crippen molar-refractivity contribution in [2.24, 2.45) is 0 Å². The van der Waals surface area contributed by atoms with Crippen molar-refractivity contribution in [3.05, 3.63) is 58.7 Å². The molecule has 1 saturated heterocycles. The number of likely N-dealkylation sites (tertiary alicyclic amines) is 1. The molecule has 4 rings (SSSR count). The molecule has 2 aromatic carbocycles. The maximum atomic E-state index is 13.4. The number of likely N-dealkylation sites (N-methyl/N-ethyl adjacent to an activating group) is 1. The minimum absolute atomic E-state index is 0.0478. The average molecular weight is 495 g/mol. The third-order valence-electron chi connectivity index (χ3n) is 7.00. The highest BCUT2D eigenvalue weighted by Gasteiger charge is 2.47. The van der Waals surface area contributed by atoms with Crippen LogP contribution in [0.2, 0.25) is 0 Å². The van der Waals surface area contributed by atoms with Gasteiger partial charge in [0, 0.05) is 36.7 Å². The molecule has 2 atom stereocenters. The van der Waals surface area contributed by atoms with E-state index in [-0.39, 0.29) is 17.4 Å². The smallest absolute Gasteiger partial charge is 0.295 e. The second kappa shape index (κ2) is 10.6. The zero-order chi connectivity index (χ0) is 26.0. The third-order valence-corrected chi connectivity index (χ3v) is 7.00. The lowest BCUT2D eigenvalue weighted by Crippen LogP contribution is -2.38. The number of methoxy groups -OCH3 is 2. The van der Waals surface area contributed by atoms with Gasteiger partial charge in [-0.25, -0.2) is 0 Å². The summed E-state index contributed by atoms with van der Waals surface area (Å²) in [6, 6.07) is 9.81. The van der Waals surface area contributed by atoms with E-state index in [1.54, 1.807) is 37.4 Å². The number of aliphatic hydroxyl groups is 1. The van der Waals surface area contributed by atoms with Gasteiger partial charge in [0.1, 0.15) is 29.1 Å². The third kappa shape index (κ3) is 4.65. The molecule has 1 amide bonds. The standard InChI is InChI=1S/C28H34N2O6/c1-6-29(7-2)12-13-30-25(21-10-9-20(34-4)16-23(21)35-5)24(27(32)28(30)33)26(31)18-8-11-22-19(15-18)14-17(3)36-22/h8-11,15-17,25,31H,6-7,12-14H2,1-5H3/t17-,25-/m0/s1. The maximum absolute atomic E-state index is 13.4. The van der Waals surface area contributed by atoms with Crippen molar-refractivity contribution in [1.29, 1.82) is 0 Å². The molecule has 2 aliphatic rings. The topological polar surface area (TPSA) is 88.5 Å². The number of amides is 1. The van der Waals surface area contributed by atoms with Gasteiger partial charge in [0.05, 0.1) is 25.8 Å². The molecule has 0 unspecified atom stereocenters. The normalized spacial score (nSPS) is 20.6. The Hall–Kier alpha value is -3.52. The summed E-state index contributed by atoms with van der Waals surface area (Å²) in [6.07, 6.45) is 0.760. The predicted molar refractivity (Wildman–Crippen MR) is 137 cm³/mol. The highest BCUT2D eigenvalue weighted by molar-refractivity contribution is 6.46. The van der Waals surface area contributed by atoms with E-state index in [9.17, 15) is 14.7 Å². The lowest BCUT2D eigenvalue weighted by molar-refractivity contribution is -0.140. The molecule has 0 aromatic heterocycles. The van der Waals surface area contributed by atoms with Gasteiger partial charge in [-0.3, -0.25) is 9.59 Å². The number of nitrogens with zero attached hydrogens (tertiary/aromatic N) is 2. The van der Waals surface area contributed by atoms with E-state index in [4.69, 9.17) is 14.2 Å². The van der Waals surface area contributed by atoms with E-state index in [2.05, 4.69) is 18.7 Å². The van der Waals surface area contributed by atoms with E-state index >= 15 is 0 Å². The number of carbonyl (C=O) groups is 2. The number of aliphatic hydroxyl groups excluding tert-OH is 1. The number of benzene rings is 2. The molecular formula is C28H34N2O6. The Bertz CT molecular complexity index is 1190. The molecular weight excluding hydrogens is 460 g/mol. The van der Waals surface area contributed by atoms with Gasteiger partial charge in [-0.1, -0.05) is 13.8 Å². The summed E-state index contributed by atoms with van der Waals surface area (Å²) >= 11 is 0. The van der Waals surface area contributed by atoms with Gasteiger partial charge >= 0.3 is 0 Å². The van der Waals surface area contributed by atoms with E-state index in [1.165, 1.54) is 12.0 Å². The Balaban J connectivity index is 1.84. The molecule has 192 valence electrons. The first kappa shape index (κ1) is 25.6. The van der Waals surface area contributed by atoms with Crippen LogP contribution in [0.1, 0.15) is 43.5 Å². The van der Waals surface area contributed by atoms with Crippen LogP contribution in [0.4, 0.5) is 0 Å². The number of Topliss-reactive ketones (excluding diaryl/α,β-unsaturated/α-hetero) is 1. The molecule has 8 heteroatoms. The Morgan fingerprint density at radius 2 is 1.86 bits per heavy atom. The summed E-state index contributed by atoms with van der Waals surface area (Å²) in [4.78, 5) is 30.4. The Kier molecular flexibility index (Phi) is 7.54. The van der Waals surface area contributed by atoms with Crippen molar-refractivity contribution in [2.75, 3.05) is 40.4 Å². The maximum Gasteiger partial charge on any atom is 0.295 e. The first-order valence-electron chi connectivity index (χ1n) is 12.3. The van der Waals surface area contributed by atoms with Crippen LogP contribution >= 0.6 is 0 Å². The molecule has 36 heavy (non-hydrogen) atoms. The number of hydrogen-bond acceptors (Lipinski definition) is 7. The second-order valence-electron chi connectivity index (χ2n) is 9.08. The van der Waals surface area contributed by atoms with Gasteiger partial charge in [0.25, 0.3) is 11.7 Å². The first-order valence-corrected chi connectivity index (χ1v) is 12.3. The fourth-order valence-electron chi connectivity index (χ4n) is 4.99. The molecule has 0 bridgehead atoms. The summed E-state index contributed by atoms with van der Waals surface area (Å²) in [6.45, 7) is 8.68. The van der Waals surface area contributed by atoms with Crippen LogP contribution in [0.3, 0.4) is 0 Å². The molecule has 1 fully saturated rings. The van der Waals surface area contributed by atoms with Crippen molar-refractivity contribution in [1.82, 2.24) is 9.80 Å². The summed E-state index contributed by atoms with van der Waals surface area (Å²) in [5.74, 6) is 0.278. The van der Waals surface area contributed by atoms with Gasteiger partial charge in [0.15, 0.2) is 0 Å². The van der Waals surface area contributed by atoms with Crippen LogP contribution in [-0.2, 0) is 16.0 Å². The van der Waals surface area contributed by atoms with Crippen LogP contribution in [-0.4, -0.2) is 73.1 Å². The van der Waals surface area contributed by atoms with Crippen molar-refractivity contribution in [3.63, 3.8) is 0 Å². The van der Waals surface area contributed by atoms with E-state index in [1.807, 2.05) is 13.0 Å². The Morgan fingerprint density at radius 3 is 2.53 bits per heavy atom. The van der Waals surface area contributed by atoms with Crippen LogP contribution in [0.5, 0.6) is 17.2 Å². The SMILES string of the molecule is CCN(CC)CCN1C(=O)C(=O)C(=C(O)c2ccc3c(c2)C[C@H](C)O3)[C@@H]1c1ccc(OC)cc1OC. The first-order chi connectivity index (χ1) is 17.3. The van der Waals surface area contributed by atoms with Crippen molar-refractivity contribution in [3.8, 4) is 17.2 Å². The van der Waals surface area contributed by atoms with Gasteiger partial charge < -0.3 is 29.1 Å². The highest BCUT2D eigenvalue weighted by atomic mass is 16.5. The molecule has 2 aliphatic heterocycles. The predicted octanol–water partition coefficient (Wildman–Crippen LogP) is 3.79. The molecule has 0 saturated carbocycles. The Morgan fingerprint density at radius 1 is 1.11 bits per heavy atom. The lowest BCUT2D eigenvalue weighted by atomic mass is 9.93. The summed E-state index contributed by atoms with van der Waals surface area (Å²) in [5, 5.41) is 11.5. The zero-order valence-corrected chi connectivity index (χ0v) is 21.5. The summed E-state index contributed by atoms with van der Waals surface area (Å²) in [7, 11) is 3.09. The minimum Gasteiger partial charge on any atom is -0.507 e. The number of ketones is 1. The number of carbonyl (C=O) groups excluding carboxylic acids is 2. The van der Waals surface area contributed by atoms with Crippen LogP contribution < -0.4 is 14.2 Å². The van der Waals surface area contributed by atoms with E-state index in [0.29, 0.717) is 42.1 Å². The molecule has 0 spiro atoms. The minimum atomic E-state index is -0.801. The van der Waals surface area contributed by atoms with Crippen molar-refractivity contribution >= 4 is 17.4 Å². The summed E-state index contributed by atoms with van der Waals surface area (Å²) < 4.78 is 16.8. The Labute approximate surface area is 212 Å². The van der Waals surface area contributed by atoms with E-state index in [0.717, 1.165) is 24.4 Å². The van der Waals surface area contributed by atoms with Crippen LogP contribution in [0.15, 0.2) is 42.0 Å². The second-order valence-corrected chi connectivity index (χ2v) is 9.08. The largest absolute Gasteiger partial charge is 0.507 e. The number of hydrogen-bond donors (Lipinski definition) is 1. The van der Waals surface area contributed by atoms with Gasteiger partial charge in [-0.15, -0.1) is 0 Å². The number of fused-ring (bicyclic) bond motifs is 1. The zero-order valence-electron chi connectivity index (χ0n) is 21.5. The molecule has 2 heterocycles. The van der Waals surface area contributed by atoms with Crippen LogP contribution in [0.25, 0.3) is 5.76 Å². The quantitative estimate of drug-likeness (QED) is 0.322. The van der Waals surface area contributed by atoms with E-state index < -0.39 is 17.7 Å². The number of ether oxygens (including phenoxy) is 3. The molecule has 8 nitrogen and oxygen atoms in total. The monoisotopic (exact) mass is 494 g/mol. The fraction of sp³-hybridized carbons (Fsp3) is 0.429. The van der Waals surface area contributed by atoms with Crippen molar-refractivity contribution < 1.29 is 28.9 Å². The molecule has 1 N–H and O–H groups in total. The number of rotatable bonds is 9. The molecule has 2 aromatic rings. The van der Waals surface area contributed by atoms with Gasteiger partial charge in [-0.05, 0) is 55.9 Å². The van der Waals surface area contributed by atoms with Gasteiger partial charge in [-0.2, -0.15) is 0 Å². The summed E-state index contributed by atoms with van der Waals surface area (Å²) in [5.41, 5.74) is 2.10. The van der Waals surface area contributed by atoms with Crippen LogP contribution in [0, 0.1) is 0 Å². The fourth-order valence-corrected chi connectivity index (χ4v) is 4.99. The lowest BCUT2D eigenvalue weighted by Gasteiger charge is -2.29. The average Bonchev–Trinajstić information content (AvgIpc) is 3.39. The van der Waals surface area contributed by atoms with Crippen molar-refractivity contribution in [2.45, 2.75) is 39.3 Å². The van der Waals surface area contributed by atoms with Gasteiger partial charge in [0.2, 0.25) is 0 Å². The molecule has 0 radical (unpaired) electrons. The molecule has 0 aliphatic carbocycles.